The highest BCUT2D eigenvalue weighted by molar-refractivity contribution is 7.80. The number of benzene rings is 2. The summed E-state index contributed by atoms with van der Waals surface area (Å²) in [5.74, 6) is -0.671. The molecule has 0 unspecified atom stereocenters. The third kappa shape index (κ3) is 5.98. The van der Waals surface area contributed by atoms with Crippen LogP contribution < -0.4 is 10.6 Å². The summed E-state index contributed by atoms with van der Waals surface area (Å²) < 4.78 is 21.1. The summed E-state index contributed by atoms with van der Waals surface area (Å²) >= 11 is 7.04. The Morgan fingerprint density at radius 3 is 2.56 bits per heavy atom. The lowest BCUT2D eigenvalue weighted by molar-refractivity contribution is 0.0528. The number of aryl methyl sites for hydroxylation is 1. The second-order valence-electron chi connectivity index (χ2n) is 8.21. The van der Waals surface area contributed by atoms with Crippen LogP contribution >= 0.6 is 23.6 Å². The molecule has 0 atom stereocenters. The smallest absolute Gasteiger partial charge is 0.341 e. The molecule has 36 heavy (non-hydrogen) atoms. The van der Waals surface area contributed by atoms with Crippen LogP contribution in [0, 0.1) is 19.7 Å². The first-order valence-corrected chi connectivity index (χ1v) is 12.8. The van der Waals surface area contributed by atoms with E-state index in [1.165, 1.54) is 17.4 Å². The van der Waals surface area contributed by atoms with Crippen LogP contribution in [-0.2, 0) is 17.7 Å². The van der Waals surface area contributed by atoms with Crippen molar-refractivity contribution < 1.29 is 13.9 Å². The van der Waals surface area contributed by atoms with Crippen molar-refractivity contribution in [1.82, 2.24) is 9.78 Å². The third-order valence-corrected chi connectivity index (χ3v) is 6.88. The zero-order chi connectivity index (χ0) is 25.7. The summed E-state index contributed by atoms with van der Waals surface area (Å²) in [6.45, 7) is 6.13. The minimum atomic E-state index is -0.400. The number of thiophene rings is 1. The fraction of sp³-hybridized carbons (Fsp3) is 0.222. The molecule has 0 radical (unpaired) electrons. The number of halogens is 1. The van der Waals surface area contributed by atoms with Gasteiger partial charge in [-0.3, -0.25) is 4.68 Å². The van der Waals surface area contributed by atoms with E-state index in [9.17, 15) is 9.18 Å². The van der Waals surface area contributed by atoms with E-state index in [1.807, 2.05) is 50.2 Å². The van der Waals surface area contributed by atoms with E-state index < -0.39 is 5.97 Å². The molecule has 2 heterocycles. The Kier molecular flexibility index (Phi) is 8.12. The van der Waals surface area contributed by atoms with Crippen LogP contribution in [0.4, 0.5) is 15.1 Å². The molecule has 0 aliphatic carbocycles. The fourth-order valence-corrected chi connectivity index (χ4v) is 5.20. The topological polar surface area (TPSA) is 68.2 Å². The van der Waals surface area contributed by atoms with Crippen molar-refractivity contribution in [2.45, 2.75) is 33.7 Å². The maximum Gasteiger partial charge on any atom is 0.341 e. The second-order valence-corrected chi connectivity index (χ2v) is 9.76. The van der Waals surface area contributed by atoms with E-state index in [0.29, 0.717) is 34.2 Å². The highest BCUT2D eigenvalue weighted by Crippen LogP contribution is 2.31. The van der Waals surface area contributed by atoms with Gasteiger partial charge in [0.05, 0.1) is 35.8 Å². The van der Waals surface area contributed by atoms with Crippen LogP contribution in [0.5, 0.6) is 0 Å². The van der Waals surface area contributed by atoms with E-state index in [0.717, 1.165) is 27.5 Å². The Labute approximate surface area is 219 Å². The number of hydrogen-bond donors (Lipinski definition) is 2. The molecule has 186 valence electrons. The van der Waals surface area contributed by atoms with Crippen molar-refractivity contribution in [1.29, 1.82) is 0 Å². The van der Waals surface area contributed by atoms with Crippen LogP contribution in [0.25, 0.3) is 0 Å². The average molecular weight is 523 g/mol. The molecule has 2 aromatic heterocycles. The van der Waals surface area contributed by atoms with Gasteiger partial charge < -0.3 is 15.4 Å². The van der Waals surface area contributed by atoms with Gasteiger partial charge in [-0.15, -0.1) is 11.3 Å². The van der Waals surface area contributed by atoms with Gasteiger partial charge in [0.1, 0.15) is 10.8 Å². The van der Waals surface area contributed by atoms with Gasteiger partial charge >= 0.3 is 5.97 Å². The number of nitrogens with zero attached hydrogens (tertiary/aromatic N) is 2. The Bertz CT molecular complexity index is 1380. The third-order valence-electron chi connectivity index (χ3n) is 5.62. The normalized spacial score (nSPS) is 10.8. The maximum atomic E-state index is 14.1. The van der Waals surface area contributed by atoms with Gasteiger partial charge in [-0.1, -0.05) is 48.5 Å². The lowest BCUT2D eigenvalue weighted by Gasteiger charge is -2.11. The predicted octanol–water partition coefficient (Wildman–Crippen LogP) is 6.33. The number of hydrogen-bond acceptors (Lipinski definition) is 5. The van der Waals surface area contributed by atoms with Gasteiger partial charge in [-0.05, 0) is 50.7 Å². The first-order chi connectivity index (χ1) is 17.4. The first-order valence-electron chi connectivity index (χ1n) is 11.5. The molecule has 4 aromatic rings. The van der Waals surface area contributed by atoms with Crippen molar-refractivity contribution in [3.63, 3.8) is 0 Å². The minimum Gasteiger partial charge on any atom is -0.462 e. The van der Waals surface area contributed by atoms with E-state index in [4.69, 9.17) is 17.0 Å². The van der Waals surface area contributed by atoms with Crippen molar-refractivity contribution >= 4 is 45.3 Å². The zero-order valence-corrected chi connectivity index (χ0v) is 21.9. The maximum absolute atomic E-state index is 14.1. The second kappa shape index (κ2) is 11.5. The van der Waals surface area contributed by atoms with Crippen LogP contribution in [-0.4, -0.2) is 27.5 Å². The Balaban J connectivity index is 1.52. The Hall–Kier alpha value is -3.56. The summed E-state index contributed by atoms with van der Waals surface area (Å²) in [7, 11) is 0. The van der Waals surface area contributed by atoms with E-state index in [-0.39, 0.29) is 12.4 Å². The molecule has 0 fully saturated rings. The number of esters is 1. The number of carbonyl (C=O) groups excluding carboxylic acids is 1. The van der Waals surface area contributed by atoms with E-state index >= 15 is 0 Å². The highest BCUT2D eigenvalue weighted by Gasteiger charge is 2.20. The molecule has 0 bridgehead atoms. The summed E-state index contributed by atoms with van der Waals surface area (Å²) in [5, 5.41) is 11.9. The van der Waals surface area contributed by atoms with Crippen LogP contribution in [0.15, 0.2) is 60.7 Å². The van der Waals surface area contributed by atoms with Gasteiger partial charge in [0.15, 0.2) is 5.11 Å². The van der Waals surface area contributed by atoms with Gasteiger partial charge in [0, 0.05) is 16.9 Å². The number of thiocarbonyl (C=S) groups is 1. The summed E-state index contributed by atoms with van der Waals surface area (Å²) in [5.41, 5.74) is 4.44. The highest BCUT2D eigenvalue weighted by atomic mass is 32.1. The standard InChI is InChI=1S/C27H27FN4O2S2/c1-4-34-26(33)22-15-21(14-19-10-6-5-7-11-19)36-25(22)30-27(35)29-24-17(2)31-32(18(24)3)16-20-12-8-9-13-23(20)28/h5-13,15H,4,14,16H2,1-3H3,(H2,29,30,35). The monoisotopic (exact) mass is 522 g/mol. The molecular formula is C27H27FN4O2S2. The molecule has 0 spiro atoms. The number of ether oxygens (including phenoxy) is 1. The lowest BCUT2D eigenvalue weighted by Crippen LogP contribution is -2.21. The van der Waals surface area contributed by atoms with Gasteiger partial charge in [0.25, 0.3) is 0 Å². The zero-order valence-electron chi connectivity index (χ0n) is 20.3. The van der Waals surface area contributed by atoms with Crippen molar-refractivity contribution in [3.05, 3.63) is 99.4 Å². The Morgan fingerprint density at radius 1 is 1.11 bits per heavy atom. The van der Waals surface area contributed by atoms with E-state index in [2.05, 4.69) is 15.7 Å². The summed E-state index contributed by atoms with van der Waals surface area (Å²) in [6, 6.07) is 18.5. The molecule has 9 heteroatoms. The molecular weight excluding hydrogens is 495 g/mol. The van der Waals surface area contributed by atoms with Crippen molar-refractivity contribution in [3.8, 4) is 0 Å². The fourth-order valence-electron chi connectivity index (χ4n) is 3.85. The lowest BCUT2D eigenvalue weighted by atomic mass is 10.1. The van der Waals surface area contributed by atoms with Crippen LogP contribution in [0.2, 0.25) is 0 Å². The molecule has 0 saturated carbocycles. The van der Waals surface area contributed by atoms with E-state index in [1.54, 1.807) is 29.8 Å². The van der Waals surface area contributed by atoms with Crippen molar-refractivity contribution in [2.24, 2.45) is 0 Å². The average Bonchev–Trinajstić information content (AvgIpc) is 3.36. The molecule has 0 aliphatic rings. The summed E-state index contributed by atoms with van der Waals surface area (Å²) in [6.07, 6.45) is 0.695. The Morgan fingerprint density at radius 2 is 1.83 bits per heavy atom. The number of anilines is 2. The molecule has 0 amide bonds. The quantitative estimate of drug-likeness (QED) is 0.208. The summed E-state index contributed by atoms with van der Waals surface area (Å²) in [4.78, 5) is 13.6. The number of rotatable bonds is 8. The SMILES string of the molecule is CCOC(=O)c1cc(Cc2ccccc2)sc1NC(=S)Nc1c(C)nn(Cc2ccccc2F)c1C. The molecule has 0 saturated heterocycles. The van der Waals surface area contributed by atoms with Crippen molar-refractivity contribution in [2.75, 3.05) is 17.2 Å². The minimum absolute atomic E-state index is 0.271. The predicted molar refractivity (Wildman–Crippen MR) is 147 cm³/mol. The molecule has 2 aromatic carbocycles. The largest absolute Gasteiger partial charge is 0.462 e. The number of aromatic nitrogens is 2. The van der Waals surface area contributed by atoms with Gasteiger partial charge in [-0.2, -0.15) is 5.10 Å². The molecule has 2 N–H and O–H groups in total. The van der Waals surface area contributed by atoms with Crippen LogP contribution in [0.3, 0.4) is 0 Å². The van der Waals surface area contributed by atoms with Gasteiger partial charge in [0.2, 0.25) is 0 Å². The number of carbonyl (C=O) groups is 1. The molecule has 6 nitrogen and oxygen atoms in total. The molecule has 4 rings (SSSR count). The number of nitrogens with one attached hydrogen (secondary N) is 2. The van der Waals surface area contributed by atoms with Crippen LogP contribution in [0.1, 0.15) is 44.7 Å². The van der Waals surface area contributed by atoms with Gasteiger partial charge in [-0.25, -0.2) is 9.18 Å². The first kappa shape index (κ1) is 25.5. The molecule has 0 aliphatic heterocycles.